The van der Waals surface area contributed by atoms with E-state index in [1.807, 2.05) is 4.90 Å². The molecule has 4 nitrogen and oxygen atoms in total. The predicted octanol–water partition coefficient (Wildman–Crippen LogP) is 2.34. The van der Waals surface area contributed by atoms with Gasteiger partial charge in [-0.2, -0.15) is 0 Å². The quantitative estimate of drug-likeness (QED) is 0.866. The van der Waals surface area contributed by atoms with Crippen molar-refractivity contribution in [3.8, 4) is 0 Å². The molecule has 2 rings (SSSR count). The van der Waals surface area contributed by atoms with Crippen molar-refractivity contribution in [2.24, 2.45) is 0 Å². The van der Waals surface area contributed by atoms with Crippen LogP contribution in [-0.2, 0) is 10.0 Å². The molecule has 0 bridgehead atoms. The monoisotopic (exact) mass is 338 g/mol. The first-order chi connectivity index (χ1) is 9.91. The van der Waals surface area contributed by atoms with Crippen LogP contribution in [0.3, 0.4) is 0 Å². The summed E-state index contributed by atoms with van der Waals surface area (Å²) >= 11 is 5.64. The van der Waals surface area contributed by atoms with Gasteiger partial charge in [-0.15, -0.1) is 0 Å². The van der Waals surface area contributed by atoms with Gasteiger partial charge in [-0.25, -0.2) is 17.5 Å². The largest absolute Gasteiger partial charge is 0.370 e. The van der Waals surface area contributed by atoms with Gasteiger partial charge < -0.3 is 4.90 Å². The third-order valence-corrected chi connectivity index (χ3v) is 5.17. The molecule has 118 valence electrons. The average Bonchev–Trinajstić information content (AvgIpc) is 2.87. The Bertz CT molecular complexity index is 598. The van der Waals surface area contributed by atoms with E-state index >= 15 is 0 Å². The van der Waals surface area contributed by atoms with Gasteiger partial charge in [0.15, 0.2) is 0 Å². The molecule has 0 saturated carbocycles. The second-order valence-electron chi connectivity index (χ2n) is 5.01. The molecule has 1 atom stereocenters. The van der Waals surface area contributed by atoms with E-state index in [2.05, 4.69) is 4.72 Å². The van der Waals surface area contributed by atoms with Crippen molar-refractivity contribution < 1.29 is 17.2 Å². The van der Waals surface area contributed by atoms with E-state index in [1.54, 1.807) is 6.07 Å². The fourth-order valence-corrected chi connectivity index (χ4v) is 3.75. The lowest BCUT2D eigenvalue weighted by Crippen LogP contribution is -2.38. The molecule has 0 spiro atoms. The summed E-state index contributed by atoms with van der Waals surface area (Å²) in [6.45, 7) is 0.426. The fraction of sp³-hybridized carbons (Fsp3) is 0.538. The molecule has 0 amide bonds. The Hall–Kier alpha value is -0.920. The Kier molecular flexibility index (Phi) is 5.40. The lowest BCUT2D eigenvalue weighted by molar-refractivity contribution is 0.481. The van der Waals surface area contributed by atoms with Crippen molar-refractivity contribution in [3.63, 3.8) is 0 Å². The van der Waals surface area contributed by atoms with Gasteiger partial charge in [0.2, 0.25) is 10.0 Å². The molecule has 1 fully saturated rings. The van der Waals surface area contributed by atoms with Gasteiger partial charge in [0.1, 0.15) is 5.82 Å². The first-order valence-electron chi connectivity index (χ1n) is 6.67. The minimum Gasteiger partial charge on any atom is -0.370 e. The van der Waals surface area contributed by atoms with Gasteiger partial charge in [-0.3, -0.25) is 4.39 Å². The Morgan fingerprint density at radius 3 is 2.86 bits per heavy atom. The molecule has 21 heavy (non-hydrogen) atoms. The smallest absolute Gasteiger partial charge is 0.212 e. The minimum absolute atomic E-state index is 0.00579. The first-order valence-corrected chi connectivity index (χ1v) is 8.70. The Labute approximate surface area is 128 Å². The zero-order valence-corrected chi connectivity index (χ0v) is 12.9. The topological polar surface area (TPSA) is 49.4 Å². The van der Waals surface area contributed by atoms with Crippen molar-refractivity contribution in [3.05, 3.63) is 29.0 Å². The molecule has 0 unspecified atom stereocenters. The Morgan fingerprint density at radius 1 is 1.43 bits per heavy atom. The molecule has 8 heteroatoms. The zero-order chi connectivity index (χ0) is 15.5. The van der Waals surface area contributed by atoms with Gasteiger partial charge >= 0.3 is 0 Å². The summed E-state index contributed by atoms with van der Waals surface area (Å²) in [4.78, 5) is 1.89. The van der Waals surface area contributed by atoms with Crippen LogP contribution in [-0.4, -0.2) is 40.0 Å². The van der Waals surface area contributed by atoms with Crippen molar-refractivity contribution in [2.45, 2.75) is 18.9 Å². The summed E-state index contributed by atoms with van der Waals surface area (Å²) in [6.07, 6.45) is 0.618. The number of nitrogens with zero attached hydrogens (tertiary/aromatic N) is 1. The molecule has 1 aliphatic heterocycles. The van der Waals surface area contributed by atoms with Crippen molar-refractivity contribution >= 4 is 27.3 Å². The highest BCUT2D eigenvalue weighted by Gasteiger charge is 2.26. The van der Waals surface area contributed by atoms with Gasteiger partial charge in [0, 0.05) is 24.8 Å². The van der Waals surface area contributed by atoms with Crippen LogP contribution in [0.2, 0.25) is 5.02 Å². The summed E-state index contributed by atoms with van der Waals surface area (Å²) in [5.41, 5.74) is 0.669. The van der Waals surface area contributed by atoms with Gasteiger partial charge in [0.05, 0.1) is 17.5 Å². The minimum atomic E-state index is -3.46. The number of sulfonamides is 1. The number of alkyl halides is 1. The van der Waals surface area contributed by atoms with E-state index in [-0.39, 0.29) is 23.2 Å². The number of halogens is 3. The second-order valence-corrected chi connectivity index (χ2v) is 7.29. The molecule has 0 aliphatic carbocycles. The molecule has 1 aromatic rings. The van der Waals surface area contributed by atoms with Crippen LogP contribution in [0, 0.1) is 5.82 Å². The maximum Gasteiger partial charge on any atom is 0.212 e. The maximum atomic E-state index is 13.4. The zero-order valence-electron chi connectivity index (χ0n) is 11.4. The molecule has 1 heterocycles. The first kappa shape index (κ1) is 16.5. The van der Waals surface area contributed by atoms with Crippen LogP contribution in [0.5, 0.6) is 0 Å². The maximum absolute atomic E-state index is 13.4. The molecule has 1 N–H and O–H groups in total. The Balaban J connectivity index is 1.95. The number of benzene rings is 1. The predicted molar refractivity (Wildman–Crippen MR) is 79.5 cm³/mol. The standard InChI is InChI=1S/C13H17ClF2N2O2S/c14-12-3-2-11(8-13(12)16)18-6-4-10(9-18)17-21(19,20)7-1-5-15/h2-3,8,10,17H,1,4-7,9H2/t10-/m1/s1. The van der Waals surface area contributed by atoms with Crippen LogP contribution < -0.4 is 9.62 Å². The lowest BCUT2D eigenvalue weighted by atomic mass is 10.3. The number of anilines is 1. The van der Waals surface area contributed by atoms with Gasteiger partial charge in [-0.05, 0) is 31.0 Å². The highest BCUT2D eigenvalue weighted by Crippen LogP contribution is 2.25. The normalized spacial score (nSPS) is 19.2. The van der Waals surface area contributed by atoms with Gasteiger partial charge in [-0.1, -0.05) is 11.6 Å². The van der Waals surface area contributed by atoms with Crippen LogP contribution in [0.1, 0.15) is 12.8 Å². The van der Waals surface area contributed by atoms with Crippen LogP contribution in [0.15, 0.2) is 18.2 Å². The van der Waals surface area contributed by atoms with E-state index in [1.165, 1.54) is 12.1 Å². The van der Waals surface area contributed by atoms with E-state index in [4.69, 9.17) is 11.6 Å². The molecule has 0 radical (unpaired) electrons. The van der Waals surface area contributed by atoms with E-state index in [9.17, 15) is 17.2 Å². The fourth-order valence-electron chi connectivity index (χ4n) is 2.33. The summed E-state index contributed by atoms with van der Waals surface area (Å²) in [7, 11) is -3.46. The van der Waals surface area contributed by atoms with Crippen LogP contribution in [0.25, 0.3) is 0 Å². The van der Waals surface area contributed by atoms with Crippen LogP contribution in [0.4, 0.5) is 14.5 Å². The number of hydrogen-bond donors (Lipinski definition) is 1. The summed E-state index contributed by atoms with van der Waals surface area (Å²) in [5.74, 6) is -0.712. The summed E-state index contributed by atoms with van der Waals surface area (Å²) in [6, 6.07) is 4.27. The average molecular weight is 339 g/mol. The van der Waals surface area contributed by atoms with E-state index in [0.29, 0.717) is 25.2 Å². The van der Waals surface area contributed by atoms with E-state index < -0.39 is 22.5 Å². The Morgan fingerprint density at radius 2 is 2.19 bits per heavy atom. The van der Waals surface area contributed by atoms with Gasteiger partial charge in [0.25, 0.3) is 0 Å². The number of hydrogen-bond acceptors (Lipinski definition) is 3. The highest BCUT2D eigenvalue weighted by molar-refractivity contribution is 7.89. The number of nitrogens with one attached hydrogen (secondary N) is 1. The second kappa shape index (κ2) is 6.89. The third kappa shape index (κ3) is 4.52. The SMILES string of the molecule is O=S(=O)(CCCF)N[C@@H]1CCN(c2ccc(Cl)c(F)c2)C1. The molecular weight excluding hydrogens is 322 g/mol. The van der Waals surface area contributed by atoms with Crippen molar-refractivity contribution in [2.75, 3.05) is 30.4 Å². The molecule has 0 aromatic heterocycles. The highest BCUT2D eigenvalue weighted by atomic mass is 35.5. The lowest BCUT2D eigenvalue weighted by Gasteiger charge is -2.19. The summed E-state index contributed by atoms with van der Waals surface area (Å²) in [5, 5.41) is 0.0569. The third-order valence-electron chi connectivity index (χ3n) is 3.35. The molecule has 1 aliphatic rings. The molecule has 1 aromatic carbocycles. The van der Waals surface area contributed by atoms with Crippen LogP contribution >= 0.6 is 11.6 Å². The molecular formula is C13H17ClF2N2O2S. The van der Waals surface area contributed by atoms with Crippen molar-refractivity contribution in [1.29, 1.82) is 0 Å². The van der Waals surface area contributed by atoms with E-state index in [0.717, 1.165) is 0 Å². The van der Waals surface area contributed by atoms with Crippen molar-refractivity contribution in [1.82, 2.24) is 4.72 Å². The molecule has 1 saturated heterocycles. The summed E-state index contributed by atoms with van der Waals surface area (Å²) < 4.78 is 51.5. The number of rotatable bonds is 6.